The molecule has 0 aliphatic heterocycles. The van der Waals surface area contributed by atoms with Gasteiger partial charge in [-0.2, -0.15) is 0 Å². The monoisotopic (exact) mass is 197 g/mol. The Morgan fingerprint density at radius 2 is 1.50 bits per heavy atom. The van der Waals surface area contributed by atoms with Gasteiger partial charge in [0.1, 0.15) is 13.5 Å². The smallest absolute Gasteiger partial charge is 1.00 e. The van der Waals surface area contributed by atoms with Gasteiger partial charge in [-0.3, -0.25) is 5.32 Å². The number of halogens is 1. The minimum Gasteiger partial charge on any atom is -1.00 e. The first-order valence-corrected chi connectivity index (χ1v) is 2.79. The zero-order valence-electron chi connectivity index (χ0n) is 7.24. The van der Waals surface area contributed by atoms with Crippen molar-refractivity contribution in [3.8, 4) is 0 Å². The number of hydrogen-bond donors (Lipinski definition) is 5. The Kier molecular flexibility index (Phi) is 9.08. The zero-order chi connectivity index (χ0) is 8.69. The second-order valence-corrected chi connectivity index (χ2v) is 1.49. The third-order valence-corrected chi connectivity index (χ3v) is 0.738. The molecular formula is C4H12ClN5O2. The lowest BCUT2D eigenvalue weighted by Crippen LogP contribution is -3.00. The number of aliphatic hydroxyl groups is 2. The van der Waals surface area contributed by atoms with Gasteiger partial charge in [-0.1, -0.05) is 0 Å². The normalized spacial score (nSPS) is 12.2. The number of nitrogens with two attached hydrogens (primary N) is 2. The van der Waals surface area contributed by atoms with Crippen LogP contribution in [0.15, 0.2) is 9.98 Å². The van der Waals surface area contributed by atoms with Crippen molar-refractivity contribution in [3.05, 3.63) is 0 Å². The lowest BCUT2D eigenvalue weighted by molar-refractivity contribution is -0.00000534. The summed E-state index contributed by atoms with van der Waals surface area (Å²) in [4.78, 5) is 6.69. The summed E-state index contributed by atoms with van der Waals surface area (Å²) in [6.45, 7) is -0.851. The summed E-state index contributed by atoms with van der Waals surface area (Å²) in [7, 11) is 0. The molecule has 72 valence electrons. The number of hydrogen-bond acceptors (Lipinski definition) is 4. The van der Waals surface area contributed by atoms with E-state index in [1.165, 1.54) is 0 Å². The SMILES string of the molecule is NC(=NCO)NC(N)=NCO.[Cl-].[H+]. The summed E-state index contributed by atoms with van der Waals surface area (Å²) >= 11 is 0. The van der Waals surface area contributed by atoms with Gasteiger partial charge in [0.15, 0.2) is 11.9 Å². The van der Waals surface area contributed by atoms with Crippen LogP contribution in [0.1, 0.15) is 1.43 Å². The number of aliphatic hydroxyl groups excluding tert-OH is 2. The topological polar surface area (TPSA) is 129 Å². The molecule has 0 aliphatic carbocycles. The van der Waals surface area contributed by atoms with Crippen molar-refractivity contribution >= 4 is 11.9 Å². The summed E-state index contributed by atoms with van der Waals surface area (Å²) in [5.74, 6) is -0.107. The van der Waals surface area contributed by atoms with Crippen molar-refractivity contribution < 1.29 is 24.0 Å². The van der Waals surface area contributed by atoms with Gasteiger partial charge >= 0.3 is 1.43 Å². The fraction of sp³-hybridized carbons (Fsp3) is 0.500. The van der Waals surface area contributed by atoms with Crippen LogP contribution in [0.4, 0.5) is 0 Å². The highest BCUT2D eigenvalue weighted by Gasteiger charge is 1.91. The molecule has 0 atom stereocenters. The Morgan fingerprint density at radius 1 is 1.17 bits per heavy atom. The minimum absolute atomic E-state index is 0. The van der Waals surface area contributed by atoms with Gasteiger partial charge in [-0.25, -0.2) is 9.98 Å². The van der Waals surface area contributed by atoms with Crippen molar-refractivity contribution in [1.29, 1.82) is 0 Å². The number of nitrogens with one attached hydrogen (secondary N) is 1. The second kappa shape index (κ2) is 8.05. The van der Waals surface area contributed by atoms with E-state index in [-0.39, 0.29) is 25.8 Å². The van der Waals surface area contributed by atoms with E-state index in [4.69, 9.17) is 21.7 Å². The van der Waals surface area contributed by atoms with Crippen molar-refractivity contribution in [1.82, 2.24) is 5.32 Å². The molecule has 0 fully saturated rings. The standard InChI is InChI=1S/C4H11N5O2.ClH/c5-3(7-1-10)9-4(6)8-2-11;/h10-11H,1-2H2,(H5,5,6,7,8,9);1H. The molecule has 8 heteroatoms. The van der Waals surface area contributed by atoms with Crippen LogP contribution in [0.5, 0.6) is 0 Å². The first-order chi connectivity index (χ1) is 5.20. The predicted molar refractivity (Wildman–Crippen MR) is 41.7 cm³/mol. The largest absolute Gasteiger partial charge is 1.00 e. The highest BCUT2D eigenvalue weighted by atomic mass is 35.5. The van der Waals surface area contributed by atoms with Gasteiger partial charge in [0, 0.05) is 0 Å². The molecule has 0 aromatic heterocycles. The van der Waals surface area contributed by atoms with Gasteiger partial charge < -0.3 is 34.1 Å². The molecule has 0 unspecified atom stereocenters. The molecule has 0 rings (SSSR count). The third-order valence-electron chi connectivity index (χ3n) is 0.738. The third kappa shape index (κ3) is 7.06. The molecule has 7 nitrogen and oxygen atoms in total. The molecule has 0 aliphatic rings. The fourth-order valence-corrected chi connectivity index (χ4v) is 0.363. The van der Waals surface area contributed by atoms with Crippen LogP contribution < -0.4 is 29.2 Å². The summed E-state index contributed by atoms with van der Waals surface area (Å²) in [5.41, 5.74) is 10.3. The molecule has 0 heterocycles. The molecular weight excluding hydrogens is 186 g/mol. The molecule has 7 N–H and O–H groups in total. The quantitative estimate of drug-likeness (QED) is 0.223. The van der Waals surface area contributed by atoms with Gasteiger partial charge in [0.05, 0.1) is 0 Å². The first kappa shape index (κ1) is 13.5. The van der Waals surface area contributed by atoms with Crippen molar-refractivity contribution in [2.45, 2.75) is 0 Å². The highest BCUT2D eigenvalue weighted by Crippen LogP contribution is 1.65. The Labute approximate surface area is 77.1 Å². The predicted octanol–water partition coefficient (Wildman–Crippen LogP) is -5.78. The summed E-state index contributed by atoms with van der Waals surface area (Å²) in [6.07, 6.45) is 0. The highest BCUT2D eigenvalue weighted by molar-refractivity contribution is 5.96. The number of aliphatic imine (C=N–C) groups is 2. The van der Waals surface area contributed by atoms with Gasteiger partial charge in [-0.05, 0) is 0 Å². The van der Waals surface area contributed by atoms with Crippen molar-refractivity contribution in [3.63, 3.8) is 0 Å². The summed E-state index contributed by atoms with van der Waals surface area (Å²) in [5, 5.41) is 18.8. The lowest BCUT2D eigenvalue weighted by Gasteiger charge is -2.01. The van der Waals surface area contributed by atoms with E-state index >= 15 is 0 Å². The maximum atomic E-state index is 8.24. The Bertz CT molecular complexity index is 158. The molecule has 0 saturated carbocycles. The summed E-state index contributed by atoms with van der Waals surface area (Å²) in [6, 6.07) is 0. The van der Waals surface area contributed by atoms with Crippen LogP contribution in [-0.4, -0.2) is 35.6 Å². The molecule has 0 aromatic rings. The van der Waals surface area contributed by atoms with Crippen LogP contribution in [-0.2, 0) is 0 Å². The van der Waals surface area contributed by atoms with E-state index in [0.717, 1.165) is 0 Å². The van der Waals surface area contributed by atoms with Crippen molar-refractivity contribution in [2.75, 3.05) is 13.5 Å². The molecule has 0 saturated heterocycles. The molecule has 12 heavy (non-hydrogen) atoms. The number of rotatable bonds is 2. The lowest BCUT2D eigenvalue weighted by atomic mass is 10.8. The van der Waals surface area contributed by atoms with Gasteiger partial charge in [-0.15, -0.1) is 0 Å². The zero-order valence-corrected chi connectivity index (χ0v) is 6.99. The average molecular weight is 198 g/mol. The fourth-order valence-electron chi connectivity index (χ4n) is 0.363. The van der Waals surface area contributed by atoms with Crippen LogP contribution in [0.25, 0.3) is 0 Å². The van der Waals surface area contributed by atoms with E-state index in [9.17, 15) is 0 Å². The van der Waals surface area contributed by atoms with E-state index in [1.807, 2.05) is 0 Å². The molecule has 0 amide bonds. The Balaban J connectivity index is -0.000000500. The summed E-state index contributed by atoms with van der Waals surface area (Å²) < 4.78 is 0. The molecule has 0 spiro atoms. The Hall–Kier alpha value is -1.05. The van der Waals surface area contributed by atoms with Crippen molar-refractivity contribution in [2.24, 2.45) is 21.5 Å². The maximum absolute atomic E-state index is 8.24. The van der Waals surface area contributed by atoms with E-state index < -0.39 is 13.5 Å². The molecule has 0 radical (unpaired) electrons. The van der Waals surface area contributed by atoms with Gasteiger partial charge in [0.25, 0.3) is 0 Å². The number of nitrogens with zero attached hydrogens (tertiary/aromatic N) is 2. The molecule has 0 aromatic carbocycles. The van der Waals surface area contributed by atoms with E-state index in [2.05, 4.69) is 15.3 Å². The second-order valence-electron chi connectivity index (χ2n) is 1.49. The van der Waals surface area contributed by atoms with Crippen LogP contribution in [0.2, 0.25) is 0 Å². The first-order valence-electron chi connectivity index (χ1n) is 2.79. The van der Waals surface area contributed by atoms with Gasteiger partial charge in [0.2, 0.25) is 0 Å². The van der Waals surface area contributed by atoms with E-state index in [1.54, 1.807) is 0 Å². The Morgan fingerprint density at radius 3 is 1.75 bits per heavy atom. The average Bonchev–Trinajstić information content (AvgIpc) is 1.87. The van der Waals surface area contributed by atoms with Crippen LogP contribution in [0, 0.1) is 0 Å². The maximum Gasteiger partial charge on any atom is 1.00 e. The minimum atomic E-state index is -0.425. The molecule has 0 bridgehead atoms. The number of guanidine groups is 2. The van der Waals surface area contributed by atoms with Crippen LogP contribution >= 0.6 is 0 Å². The van der Waals surface area contributed by atoms with E-state index in [0.29, 0.717) is 0 Å². The van der Waals surface area contributed by atoms with Crippen LogP contribution in [0.3, 0.4) is 0 Å².